The molecule has 0 N–H and O–H groups in total. The molecular weight excluding hydrogens is 287 g/mol. The van der Waals surface area contributed by atoms with Crippen LogP contribution in [0, 0.1) is 11.7 Å². The van der Waals surface area contributed by atoms with Gasteiger partial charge >= 0.3 is 0 Å². The van der Waals surface area contributed by atoms with Gasteiger partial charge in [-0.25, -0.2) is 4.39 Å². The second kappa shape index (κ2) is 6.30. The molecule has 2 heteroatoms. The van der Waals surface area contributed by atoms with E-state index < -0.39 is 0 Å². The molecule has 3 rings (SSSR count). The van der Waals surface area contributed by atoms with Crippen LogP contribution < -0.4 is 4.74 Å². The molecular formula is C21H29FO. The molecule has 1 nitrogen and oxygen atoms in total. The van der Waals surface area contributed by atoms with Crippen LogP contribution in [0.1, 0.15) is 76.8 Å². The fourth-order valence-corrected chi connectivity index (χ4v) is 4.31. The first-order valence-corrected chi connectivity index (χ1v) is 9.09. The molecule has 23 heavy (non-hydrogen) atoms. The van der Waals surface area contributed by atoms with Gasteiger partial charge in [0.15, 0.2) is 0 Å². The summed E-state index contributed by atoms with van der Waals surface area (Å²) in [6, 6.07) is 3.85. The molecule has 1 aliphatic heterocycles. The zero-order chi connectivity index (χ0) is 16.6. The van der Waals surface area contributed by atoms with Crippen LogP contribution in [-0.2, 0) is 6.42 Å². The molecule has 1 aromatic carbocycles. The van der Waals surface area contributed by atoms with Gasteiger partial charge in [0.1, 0.15) is 17.2 Å². The summed E-state index contributed by atoms with van der Waals surface area (Å²) >= 11 is 0. The van der Waals surface area contributed by atoms with Crippen LogP contribution in [0.25, 0.3) is 0 Å². The zero-order valence-corrected chi connectivity index (χ0v) is 14.9. The number of aryl methyl sites for hydroxylation is 1. The molecule has 0 amide bonds. The predicted octanol–water partition coefficient (Wildman–Crippen LogP) is 6.17. The average molecular weight is 316 g/mol. The molecule has 2 unspecified atom stereocenters. The van der Waals surface area contributed by atoms with Crippen molar-refractivity contribution in [2.24, 2.45) is 5.92 Å². The van der Waals surface area contributed by atoms with Crippen molar-refractivity contribution >= 4 is 0 Å². The van der Waals surface area contributed by atoms with Crippen LogP contribution in [0.2, 0.25) is 0 Å². The number of hydrogen-bond donors (Lipinski definition) is 0. The van der Waals surface area contributed by atoms with E-state index in [4.69, 9.17) is 4.74 Å². The topological polar surface area (TPSA) is 9.23 Å². The Labute approximate surface area is 139 Å². The van der Waals surface area contributed by atoms with Crippen LogP contribution in [0.5, 0.6) is 5.75 Å². The van der Waals surface area contributed by atoms with Crippen molar-refractivity contribution in [2.45, 2.75) is 77.7 Å². The molecule has 0 fully saturated rings. The summed E-state index contributed by atoms with van der Waals surface area (Å²) < 4.78 is 21.2. The van der Waals surface area contributed by atoms with Gasteiger partial charge in [-0.15, -0.1) is 0 Å². The van der Waals surface area contributed by atoms with Crippen LogP contribution in [0.15, 0.2) is 23.8 Å². The van der Waals surface area contributed by atoms with Gasteiger partial charge in [-0.3, -0.25) is 0 Å². The lowest BCUT2D eigenvalue weighted by atomic mass is 9.67. The molecule has 2 aliphatic rings. The van der Waals surface area contributed by atoms with Gasteiger partial charge in [0.2, 0.25) is 0 Å². The van der Waals surface area contributed by atoms with Crippen molar-refractivity contribution in [2.75, 3.05) is 0 Å². The third-order valence-electron chi connectivity index (χ3n) is 5.60. The SMILES string of the molecule is CCCCCc1cc(F)c2c(c1)OC(C)(C)C1CC=C(C)CC21. The Morgan fingerprint density at radius 3 is 2.78 bits per heavy atom. The molecule has 0 bridgehead atoms. The van der Waals surface area contributed by atoms with E-state index in [1.165, 1.54) is 18.4 Å². The maximum Gasteiger partial charge on any atom is 0.130 e. The zero-order valence-electron chi connectivity index (χ0n) is 14.9. The minimum Gasteiger partial charge on any atom is -0.487 e. The smallest absolute Gasteiger partial charge is 0.130 e. The normalized spacial score (nSPS) is 25.2. The monoisotopic (exact) mass is 316 g/mol. The molecule has 0 saturated heterocycles. The molecule has 1 aliphatic carbocycles. The van der Waals surface area contributed by atoms with Gasteiger partial charge in [-0.1, -0.05) is 31.4 Å². The number of benzene rings is 1. The number of halogens is 1. The Balaban J connectivity index is 1.96. The van der Waals surface area contributed by atoms with Crippen LogP contribution in [0.4, 0.5) is 4.39 Å². The first kappa shape index (κ1) is 16.5. The molecule has 0 aromatic heterocycles. The van der Waals surface area contributed by atoms with E-state index in [9.17, 15) is 4.39 Å². The summed E-state index contributed by atoms with van der Waals surface area (Å²) in [6.45, 7) is 8.67. The lowest BCUT2D eigenvalue weighted by molar-refractivity contribution is 0.00692. The molecule has 1 heterocycles. The molecule has 1 aromatic rings. The highest BCUT2D eigenvalue weighted by molar-refractivity contribution is 5.45. The number of ether oxygens (including phenoxy) is 1. The first-order chi connectivity index (χ1) is 10.9. The van der Waals surface area contributed by atoms with Crippen molar-refractivity contribution in [3.8, 4) is 5.75 Å². The molecule has 126 valence electrons. The summed E-state index contributed by atoms with van der Waals surface area (Å²) in [5.41, 5.74) is 3.04. The van der Waals surface area contributed by atoms with Crippen LogP contribution in [-0.4, -0.2) is 5.60 Å². The van der Waals surface area contributed by atoms with E-state index in [1.807, 2.05) is 0 Å². The maximum atomic E-state index is 14.9. The van der Waals surface area contributed by atoms with Gasteiger partial charge in [-0.05, 0) is 64.2 Å². The first-order valence-electron chi connectivity index (χ1n) is 9.09. The molecule has 2 atom stereocenters. The standard InChI is InChI=1S/C21H29FO/c1-5-6-7-8-15-12-18(22)20-16-11-14(2)9-10-17(16)21(3,4)23-19(20)13-15/h9,12-13,16-17H,5-8,10-11H2,1-4H3. The Bertz CT molecular complexity index is 615. The Morgan fingerprint density at radius 2 is 2.04 bits per heavy atom. The average Bonchev–Trinajstić information content (AvgIpc) is 2.46. The minimum absolute atomic E-state index is 0.0609. The highest BCUT2D eigenvalue weighted by Gasteiger charge is 2.45. The number of fused-ring (bicyclic) bond motifs is 3. The van der Waals surface area contributed by atoms with E-state index in [-0.39, 0.29) is 17.3 Å². The second-order valence-corrected chi connectivity index (χ2v) is 7.86. The van der Waals surface area contributed by atoms with Gasteiger partial charge in [-0.2, -0.15) is 0 Å². The van der Waals surface area contributed by atoms with E-state index in [0.29, 0.717) is 5.92 Å². The van der Waals surface area contributed by atoms with Gasteiger partial charge in [0, 0.05) is 17.4 Å². The Morgan fingerprint density at radius 1 is 1.26 bits per heavy atom. The summed E-state index contributed by atoms with van der Waals surface area (Å²) in [6.07, 6.45) is 8.68. The number of allylic oxidation sites excluding steroid dienone is 2. The summed E-state index contributed by atoms with van der Waals surface area (Å²) in [7, 11) is 0. The summed E-state index contributed by atoms with van der Waals surface area (Å²) in [5, 5.41) is 0. The molecule has 0 saturated carbocycles. The van der Waals surface area contributed by atoms with Gasteiger partial charge in [0.05, 0.1) is 0 Å². The van der Waals surface area contributed by atoms with Gasteiger partial charge in [0.25, 0.3) is 0 Å². The van der Waals surface area contributed by atoms with E-state index in [0.717, 1.165) is 42.6 Å². The Hall–Kier alpha value is -1.31. The third kappa shape index (κ3) is 3.18. The lowest BCUT2D eigenvalue weighted by Crippen LogP contribution is -2.45. The number of unbranched alkanes of at least 4 members (excludes halogenated alkanes) is 2. The number of hydrogen-bond acceptors (Lipinski definition) is 1. The van der Waals surface area contributed by atoms with Crippen molar-refractivity contribution in [3.05, 3.63) is 40.7 Å². The van der Waals surface area contributed by atoms with Crippen LogP contribution >= 0.6 is 0 Å². The molecule has 0 radical (unpaired) electrons. The molecule has 0 spiro atoms. The van der Waals surface area contributed by atoms with Crippen LogP contribution in [0.3, 0.4) is 0 Å². The van der Waals surface area contributed by atoms with E-state index in [2.05, 4.69) is 39.8 Å². The fourth-order valence-electron chi connectivity index (χ4n) is 4.31. The third-order valence-corrected chi connectivity index (χ3v) is 5.60. The summed E-state index contributed by atoms with van der Waals surface area (Å²) in [4.78, 5) is 0. The maximum absolute atomic E-state index is 14.9. The number of rotatable bonds is 4. The summed E-state index contributed by atoms with van der Waals surface area (Å²) in [5.74, 6) is 1.34. The van der Waals surface area contributed by atoms with E-state index in [1.54, 1.807) is 6.07 Å². The highest BCUT2D eigenvalue weighted by Crippen LogP contribution is 2.52. The van der Waals surface area contributed by atoms with Crippen molar-refractivity contribution in [1.82, 2.24) is 0 Å². The van der Waals surface area contributed by atoms with E-state index >= 15 is 0 Å². The second-order valence-electron chi connectivity index (χ2n) is 7.86. The van der Waals surface area contributed by atoms with Crippen molar-refractivity contribution < 1.29 is 9.13 Å². The lowest BCUT2D eigenvalue weighted by Gasteiger charge is -2.47. The van der Waals surface area contributed by atoms with Gasteiger partial charge < -0.3 is 4.74 Å². The predicted molar refractivity (Wildman–Crippen MR) is 93.6 cm³/mol. The highest BCUT2D eigenvalue weighted by atomic mass is 19.1. The quantitative estimate of drug-likeness (QED) is 0.477. The van der Waals surface area contributed by atoms with Crippen molar-refractivity contribution in [1.29, 1.82) is 0 Å². The largest absolute Gasteiger partial charge is 0.487 e. The van der Waals surface area contributed by atoms with Crippen molar-refractivity contribution in [3.63, 3.8) is 0 Å². The Kier molecular flexibility index (Phi) is 4.53. The fraction of sp³-hybridized carbons (Fsp3) is 0.619. The minimum atomic E-state index is -0.233.